The summed E-state index contributed by atoms with van der Waals surface area (Å²) in [5, 5.41) is 6.76. The van der Waals surface area contributed by atoms with Crippen LogP contribution in [0.3, 0.4) is 0 Å². The van der Waals surface area contributed by atoms with Gasteiger partial charge in [-0.25, -0.2) is 0 Å². The van der Waals surface area contributed by atoms with E-state index in [0.29, 0.717) is 19.8 Å². The molecule has 146 valence electrons. The van der Waals surface area contributed by atoms with Crippen LogP contribution in [0.25, 0.3) is 0 Å². The molecule has 0 radical (unpaired) electrons. The summed E-state index contributed by atoms with van der Waals surface area (Å²) >= 11 is 0. The number of guanidine groups is 1. The van der Waals surface area contributed by atoms with Crippen molar-refractivity contribution in [1.29, 1.82) is 0 Å². The minimum absolute atomic E-state index is 0. The molecule has 26 heavy (non-hydrogen) atoms. The van der Waals surface area contributed by atoms with E-state index in [9.17, 15) is 0 Å². The van der Waals surface area contributed by atoms with Crippen molar-refractivity contribution in [3.05, 3.63) is 41.0 Å². The van der Waals surface area contributed by atoms with Crippen molar-refractivity contribution in [2.45, 2.75) is 39.2 Å². The zero-order chi connectivity index (χ0) is 17.9. The molecule has 0 saturated carbocycles. The minimum atomic E-state index is 0. The molecule has 1 aliphatic carbocycles. The number of aryl methyl sites for hydroxylation is 1. The maximum Gasteiger partial charge on any atom is 0.191 e. The first-order chi connectivity index (χ1) is 12.2. The Morgan fingerprint density at radius 1 is 1.23 bits per heavy atom. The summed E-state index contributed by atoms with van der Waals surface area (Å²) in [7, 11) is 3.48. The van der Waals surface area contributed by atoms with Crippen LogP contribution in [0.5, 0.6) is 5.75 Å². The SMILES string of the molecule is CN=C(NCCC1=CCCC1)NCc1ccc(C)cc1OCCOC.I. The van der Waals surface area contributed by atoms with Crippen LogP contribution in [0.15, 0.2) is 34.8 Å². The second-order valence-electron chi connectivity index (χ2n) is 6.31. The van der Waals surface area contributed by atoms with Gasteiger partial charge in [-0.3, -0.25) is 4.99 Å². The van der Waals surface area contributed by atoms with Gasteiger partial charge in [-0.05, 0) is 44.2 Å². The molecule has 0 heterocycles. The van der Waals surface area contributed by atoms with Crippen LogP contribution in [0.1, 0.15) is 36.8 Å². The van der Waals surface area contributed by atoms with E-state index in [1.807, 2.05) is 0 Å². The molecule has 2 rings (SSSR count). The third kappa shape index (κ3) is 7.95. The van der Waals surface area contributed by atoms with Crippen LogP contribution < -0.4 is 15.4 Å². The molecule has 0 fully saturated rings. The topological polar surface area (TPSA) is 54.9 Å². The normalized spacial score (nSPS) is 13.8. The Hall–Kier alpha value is -1.28. The van der Waals surface area contributed by atoms with Gasteiger partial charge in [0.05, 0.1) is 6.61 Å². The van der Waals surface area contributed by atoms with Crippen molar-refractivity contribution in [1.82, 2.24) is 10.6 Å². The number of halogens is 1. The first kappa shape index (κ1) is 22.8. The number of nitrogens with one attached hydrogen (secondary N) is 2. The van der Waals surface area contributed by atoms with E-state index in [-0.39, 0.29) is 24.0 Å². The van der Waals surface area contributed by atoms with Gasteiger partial charge in [-0.2, -0.15) is 0 Å². The quantitative estimate of drug-likeness (QED) is 0.188. The third-order valence-electron chi connectivity index (χ3n) is 4.31. The molecule has 0 atom stereocenters. The molecule has 0 spiro atoms. The van der Waals surface area contributed by atoms with E-state index in [4.69, 9.17) is 9.47 Å². The third-order valence-corrected chi connectivity index (χ3v) is 4.31. The van der Waals surface area contributed by atoms with Crippen molar-refractivity contribution in [3.63, 3.8) is 0 Å². The largest absolute Gasteiger partial charge is 0.491 e. The van der Waals surface area contributed by atoms with E-state index < -0.39 is 0 Å². The molecule has 1 aromatic carbocycles. The van der Waals surface area contributed by atoms with Gasteiger partial charge in [0.25, 0.3) is 0 Å². The molecule has 1 aromatic rings. The number of benzene rings is 1. The van der Waals surface area contributed by atoms with Crippen molar-refractivity contribution in [2.75, 3.05) is 33.9 Å². The molecular formula is C20H32IN3O2. The highest BCUT2D eigenvalue weighted by Crippen LogP contribution is 2.21. The fraction of sp³-hybridized carbons (Fsp3) is 0.550. The van der Waals surface area contributed by atoms with E-state index in [0.717, 1.165) is 30.2 Å². The Morgan fingerprint density at radius 2 is 2.08 bits per heavy atom. The number of rotatable bonds is 9. The fourth-order valence-corrected chi connectivity index (χ4v) is 2.88. The molecular weight excluding hydrogens is 441 g/mol. The smallest absolute Gasteiger partial charge is 0.191 e. The second kappa shape index (κ2) is 13.0. The van der Waals surface area contributed by atoms with Crippen molar-refractivity contribution < 1.29 is 9.47 Å². The van der Waals surface area contributed by atoms with Gasteiger partial charge < -0.3 is 20.1 Å². The van der Waals surface area contributed by atoms with Crippen molar-refractivity contribution in [3.8, 4) is 5.75 Å². The highest BCUT2D eigenvalue weighted by Gasteiger charge is 2.07. The Kier molecular flexibility index (Phi) is 11.4. The van der Waals surface area contributed by atoms with Crippen LogP contribution in [-0.2, 0) is 11.3 Å². The minimum Gasteiger partial charge on any atom is -0.491 e. The van der Waals surface area contributed by atoms with Crippen LogP contribution in [0, 0.1) is 6.92 Å². The molecule has 2 N–H and O–H groups in total. The summed E-state index contributed by atoms with van der Waals surface area (Å²) < 4.78 is 10.9. The number of allylic oxidation sites excluding steroid dienone is 1. The molecule has 0 saturated heterocycles. The molecule has 6 heteroatoms. The fourth-order valence-electron chi connectivity index (χ4n) is 2.88. The highest BCUT2D eigenvalue weighted by molar-refractivity contribution is 14.0. The lowest BCUT2D eigenvalue weighted by Gasteiger charge is -2.15. The van der Waals surface area contributed by atoms with Crippen LogP contribution in [-0.4, -0.2) is 39.9 Å². The average molecular weight is 473 g/mol. The van der Waals surface area contributed by atoms with E-state index >= 15 is 0 Å². The zero-order valence-corrected chi connectivity index (χ0v) is 18.5. The van der Waals surface area contributed by atoms with Gasteiger partial charge in [0.15, 0.2) is 5.96 Å². The zero-order valence-electron chi connectivity index (χ0n) is 16.1. The predicted molar refractivity (Wildman–Crippen MR) is 119 cm³/mol. The summed E-state index contributed by atoms with van der Waals surface area (Å²) in [6, 6.07) is 6.26. The molecule has 1 aliphatic rings. The average Bonchev–Trinajstić information content (AvgIpc) is 3.13. The molecule has 0 amide bonds. The molecule has 0 aliphatic heterocycles. The highest BCUT2D eigenvalue weighted by atomic mass is 127. The second-order valence-corrected chi connectivity index (χ2v) is 6.31. The van der Waals surface area contributed by atoms with E-state index in [1.54, 1.807) is 19.7 Å². The van der Waals surface area contributed by atoms with Gasteiger partial charge in [-0.15, -0.1) is 24.0 Å². The molecule has 0 aromatic heterocycles. The number of hydrogen-bond acceptors (Lipinski definition) is 3. The Morgan fingerprint density at radius 3 is 2.77 bits per heavy atom. The number of methoxy groups -OCH3 is 1. The first-order valence-corrected chi connectivity index (χ1v) is 9.06. The number of ether oxygens (including phenoxy) is 2. The Bertz CT molecular complexity index is 603. The summed E-state index contributed by atoms with van der Waals surface area (Å²) in [5.41, 5.74) is 3.86. The summed E-state index contributed by atoms with van der Waals surface area (Å²) in [4.78, 5) is 4.30. The Labute approximate surface area is 174 Å². The van der Waals surface area contributed by atoms with Gasteiger partial charge in [0.2, 0.25) is 0 Å². The number of hydrogen-bond donors (Lipinski definition) is 2. The van der Waals surface area contributed by atoms with E-state index in [1.165, 1.54) is 24.8 Å². The number of aliphatic imine (C=N–C) groups is 1. The van der Waals surface area contributed by atoms with Gasteiger partial charge in [0, 0.05) is 32.8 Å². The summed E-state index contributed by atoms with van der Waals surface area (Å²) in [5.74, 6) is 1.72. The number of nitrogens with zero attached hydrogens (tertiary/aromatic N) is 1. The standard InChI is InChI=1S/C20H31N3O2.HI/c1-16-8-9-18(19(14-16)25-13-12-24-3)15-23-20(21-2)22-11-10-17-6-4-5-7-17;/h6,8-9,14H,4-5,7,10-13,15H2,1-3H3,(H2,21,22,23);1H. The van der Waals surface area contributed by atoms with Gasteiger partial charge in [0.1, 0.15) is 12.4 Å². The van der Waals surface area contributed by atoms with Crippen LogP contribution >= 0.6 is 24.0 Å². The van der Waals surface area contributed by atoms with E-state index in [2.05, 4.69) is 46.8 Å². The molecule has 0 unspecified atom stereocenters. The Balaban J connectivity index is 0.00000338. The lowest BCUT2D eigenvalue weighted by Crippen LogP contribution is -2.37. The van der Waals surface area contributed by atoms with Crippen LogP contribution in [0.2, 0.25) is 0 Å². The van der Waals surface area contributed by atoms with Crippen molar-refractivity contribution >= 4 is 29.9 Å². The lowest BCUT2D eigenvalue weighted by atomic mass is 10.1. The summed E-state index contributed by atoms with van der Waals surface area (Å²) in [6.07, 6.45) is 7.26. The van der Waals surface area contributed by atoms with Gasteiger partial charge in [-0.1, -0.05) is 23.8 Å². The molecule has 0 bridgehead atoms. The molecule has 5 nitrogen and oxygen atoms in total. The summed E-state index contributed by atoms with van der Waals surface area (Å²) in [6.45, 7) is 4.79. The monoisotopic (exact) mass is 473 g/mol. The van der Waals surface area contributed by atoms with Crippen molar-refractivity contribution in [2.24, 2.45) is 4.99 Å². The maximum absolute atomic E-state index is 5.84. The lowest BCUT2D eigenvalue weighted by molar-refractivity contribution is 0.145. The predicted octanol–water partition coefficient (Wildman–Crippen LogP) is 3.80. The van der Waals surface area contributed by atoms with Gasteiger partial charge >= 0.3 is 0 Å². The first-order valence-electron chi connectivity index (χ1n) is 9.06. The van der Waals surface area contributed by atoms with Crippen LogP contribution in [0.4, 0.5) is 0 Å². The maximum atomic E-state index is 5.84.